The van der Waals surface area contributed by atoms with Crippen LogP contribution in [0.5, 0.6) is 5.75 Å². The van der Waals surface area contributed by atoms with Crippen LogP contribution in [0.2, 0.25) is 5.02 Å². The molecule has 0 unspecified atom stereocenters. The third kappa shape index (κ3) is 4.27. The Morgan fingerprint density at radius 2 is 1.62 bits per heavy atom. The van der Waals surface area contributed by atoms with Gasteiger partial charge in [0.05, 0.1) is 5.02 Å². The highest BCUT2D eigenvalue weighted by atomic mass is 35.5. The van der Waals surface area contributed by atoms with Crippen molar-refractivity contribution in [2.75, 3.05) is 5.32 Å². The number of nitrogens with one attached hydrogen (secondary N) is 1. The molecule has 0 aromatic heterocycles. The molecule has 0 heterocycles. The number of benzene rings is 3. The molecule has 3 rings (SSSR count). The Labute approximate surface area is 145 Å². The molecule has 0 aliphatic rings. The summed E-state index contributed by atoms with van der Waals surface area (Å²) < 4.78 is 19.0. The molecule has 0 amide bonds. The maximum absolute atomic E-state index is 13.1. The van der Waals surface area contributed by atoms with E-state index in [0.29, 0.717) is 18.2 Å². The fraction of sp³-hybridized carbons (Fsp3) is 0.100. The maximum Gasteiger partial charge on any atom is 0.124 e. The second-order valence-electron chi connectivity index (χ2n) is 5.35. The van der Waals surface area contributed by atoms with Gasteiger partial charge in [-0.15, -0.1) is 0 Å². The van der Waals surface area contributed by atoms with Crippen LogP contribution < -0.4 is 10.1 Å². The first kappa shape index (κ1) is 16.3. The average Bonchev–Trinajstić information content (AvgIpc) is 2.61. The van der Waals surface area contributed by atoms with E-state index >= 15 is 0 Å². The lowest BCUT2D eigenvalue weighted by Crippen LogP contribution is -2.04. The molecule has 0 saturated heterocycles. The fourth-order valence-electron chi connectivity index (χ4n) is 2.34. The lowest BCUT2D eigenvalue weighted by molar-refractivity contribution is 0.303. The molecule has 0 fully saturated rings. The van der Waals surface area contributed by atoms with Crippen molar-refractivity contribution < 1.29 is 9.13 Å². The van der Waals surface area contributed by atoms with Gasteiger partial charge in [-0.05, 0) is 30.3 Å². The maximum atomic E-state index is 13.1. The van der Waals surface area contributed by atoms with Gasteiger partial charge < -0.3 is 10.1 Å². The number of anilines is 1. The van der Waals surface area contributed by atoms with E-state index in [2.05, 4.69) is 5.32 Å². The Hall–Kier alpha value is -2.52. The predicted molar refractivity (Wildman–Crippen MR) is 96.0 cm³/mol. The summed E-state index contributed by atoms with van der Waals surface area (Å²) in [6, 6.07) is 22.1. The summed E-state index contributed by atoms with van der Waals surface area (Å²) >= 11 is 6.04. The Morgan fingerprint density at radius 3 is 2.42 bits per heavy atom. The van der Waals surface area contributed by atoms with Gasteiger partial charge in [0.1, 0.15) is 18.2 Å². The SMILES string of the molecule is Fc1ccc(COc2ccccc2CNc2ccccc2)c(Cl)c1. The minimum Gasteiger partial charge on any atom is -0.488 e. The normalized spacial score (nSPS) is 10.4. The summed E-state index contributed by atoms with van der Waals surface area (Å²) in [5, 5.41) is 3.73. The second-order valence-corrected chi connectivity index (χ2v) is 5.76. The van der Waals surface area contributed by atoms with Crippen molar-refractivity contribution in [1.29, 1.82) is 0 Å². The predicted octanol–water partition coefficient (Wildman–Crippen LogP) is 5.67. The summed E-state index contributed by atoms with van der Waals surface area (Å²) in [5.41, 5.74) is 2.84. The third-order valence-electron chi connectivity index (χ3n) is 3.63. The summed E-state index contributed by atoms with van der Waals surface area (Å²) in [7, 11) is 0. The van der Waals surface area contributed by atoms with E-state index in [1.165, 1.54) is 12.1 Å². The Balaban J connectivity index is 1.67. The van der Waals surface area contributed by atoms with Crippen molar-refractivity contribution in [3.63, 3.8) is 0 Å². The molecule has 0 bridgehead atoms. The Bertz CT molecular complexity index is 808. The molecule has 0 aliphatic heterocycles. The van der Waals surface area contributed by atoms with Gasteiger partial charge >= 0.3 is 0 Å². The first-order valence-corrected chi connectivity index (χ1v) is 8.04. The average molecular weight is 342 g/mol. The molecule has 122 valence electrons. The fourth-order valence-corrected chi connectivity index (χ4v) is 2.56. The summed E-state index contributed by atoms with van der Waals surface area (Å²) in [5.74, 6) is 0.428. The van der Waals surface area contributed by atoms with Crippen LogP contribution in [0.15, 0.2) is 72.8 Å². The molecule has 0 aliphatic carbocycles. The zero-order valence-corrected chi connectivity index (χ0v) is 13.8. The first-order valence-electron chi connectivity index (χ1n) is 7.66. The molecule has 3 aromatic rings. The zero-order chi connectivity index (χ0) is 16.8. The number of hydrogen-bond donors (Lipinski definition) is 1. The van der Waals surface area contributed by atoms with Crippen molar-refractivity contribution in [3.8, 4) is 5.75 Å². The van der Waals surface area contributed by atoms with E-state index in [4.69, 9.17) is 16.3 Å². The second kappa shape index (κ2) is 7.84. The van der Waals surface area contributed by atoms with E-state index in [0.717, 1.165) is 22.6 Å². The van der Waals surface area contributed by atoms with Crippen LogP contribution in [-0.2, 0) is 13.2 Å². The van der Waals surface area contributed by atoms with E-state index < -0.39 is 0 Å². The smallest absolute Gasteiger partial charge is 0.124 e. The Morgan fingerprint density at radius 1 is 0.875 bits per heavy atom. The van der Waals surface area contributed by atoms with Gasteiger partial charge in [-0.3, -0.25) is 0 Å². The monoisotopic (exact) mass is 341 g/mol. The molecule has 3 aromatic carbocycles. The largest absolute Gasteiger partial charge is 0.488 e. The van der Waals surface area contributed by atoms with Crippen molar-refractivity contribution in [2.45, 2.75) is 13.2 Å². The molecule has 2 nitrogen and oxygen atoms in total. The van der Waals surface area contributed by atoms with Crippen LogP contribution >= 0.6 is 11.6 Å². The van der Waals surface area contributed by atoms with Gasteiger partial charge in [0.2, 0.25) is 0 Å². The Kier molecular flexibility index (Phi) is 5.34. The van der Waals surface area contributed by atoms with Gasteiger partial charge in [0.15, 0.2) is 0 Å². The number of ether oxygens (including phenoxy) is 1. The molecule has 0 saturated carbocycles. The summed E-state index contributed by atoms with van der Waals surface area (Å²) in [4.78, 5) is 0. The molecule has 0 radical (unpaired) electrons. The molecular weight excluding hydrogens is 325 g/mol. The van der Waals surface area contributed by atoms with Gasteiger partial charge in [0, 0.05) is 23.4 Å². The highest BCUT2D eigenvalue weighted by Crippen LogP contribution is 2.23. The molecule has 1 N–H and O–H groups in total. The van der Waals surface area contributed by atoms with Gasteiger partial charge in [0.25, 0.3) is 0 Å². The lowest BCUT2D eigenvalue weighted by Gasteiger charge is -2.13. The van der Waals surface area contributed by atoms with Gasteiger partial charge in [-0.2, -0.15) is 0 Å². The van der Waals surface area contributed by atoms with Crippen molar-refractivity contribution >= 4 is 17.3 Å². The standard InChI is InChI=1S/C20H17ClFNO/c21-19-12-17(22)11-10-16(19)14-24-20-9-5-4-6-15(20)13-23-18-7-2-1-3-8-18/h1-12,23H,13-14H2. The molecule has 24 heavy (non-hydrogen) atoms. The van der Waals surface area contributed by atoms with Crippen LogP contribution in [0.1, 0.15) is 11.1 Å². The third-order valence-corrected chi connectivity index (χ3v) is 3.98. The highest BCUT2D eigenvalue weighted by molar-refractivity contribution is 6.31. The van der Waals surface area contributed by atoms with Crippen LogP contribution in [0, 0.1) is 5.82 Å². The van der Waals surface area contributed by atoms with Crippen LogP contribution in [0.4, 0.5) is 10.1 Å². The quantitative estimate of drug-likeness (QED) is 0.623. The van der Waals surface area contributed by atoms with Gasteiger partial charge in [-0.1, -0.05) is 54.1 Å². The minimum atomic E-state index is -0.351. The summed E-state index contributed by atoms with van der Waals surface area (Å²) in [6.07, 6.45) is 0. The number of hydrogen-bond acceptors (Lipinski definition) is 2. The lowest BCUT2D eigenvalue weighted by atomic mass is 10.2. The van der Waals surface area contributed by atoms with Crippen LogP contribution in [0.25, 0.3) is 0 Å². The molecule has 4 heteroatoms. The first-order chi connectivity index (χ1) is 11.7. The summed E-state index contributed by atoms with van der Waals surface area (Å²) in [6.45, 7) is 0.943. The van der Waals surface area contributed by atoms with Crippen LogP contribution in [0.3, 0.4) is 0 Å². The highest BCUT2D eigenvalue weighted by Gasteiger charge is 2.06. The van der Waals surface area contributed by atoms with E-state index in [-0.39, 0.29) is 5.82 Å². The van der Waals surface area contributed by atoms with Crippen molar-refractivity contribution in [3.05, 3.63) is 94.8 Å². The minimum absolute atomic E-state index is 0.293. The molecule has 0 spiro atoms. The molecular formula is C20H17ClFNO. The van der Waals surface area contributed by atoms with Gasteiger partial charge in [-0.25, -0.2) is 4.39 Å². The number of rotatable bonds is 6. The zero-order valence-electron chi connectivity index (χ0n) is 13.0. The van der Waals surface area contributed by atoms with Crippen molar-refractivity contribution in [2.24, 2.45) is 0 Å². The van der Waals surface area contributed by atoms with Crippen molar-refractivity contribution in [1.82, 2.24) is 0 Å². The van der Waals surface area contributed by atoms with E-state index in [1.807, 2.05) is 54.6 Å². The molecule has 0 atom stereocenters. The van der Waals surface area contributed by atoms with E-state index in [9.17, 15) is 4.39 Å². The topological polar surface area (TPSA) is 21.3 Å². The van der Waals surface area contributed by atoms with Crippen LogP contribution in [-0.4, -0.2) is 0 Å². The number of halogens is 2. The van der Waals surface area contributed by atoms with E-state index in [1.54, 1.807) is 6.07 Å². The number of para-hydroxylation sites is 2.